The summed E-state index contributed by atoms with van der Waals surface area (Å²) in [5.74, 6) is 1.01. The third kappa shape index (κ3) is 6.49. The van der Waals surface area contributed by atoms with Gasteiger partial charge in [0.05, 0.1) is 33.1 Å². The van der Waals surface area contributed by atoms with E-state index >= 15 is 0 Å². The summed E-state index contributed by atoms with van der Waals surface area (Å²) in [6.45, 7) is 4.13. The molecule has 8 nitrogen and oxygen atoms in total. The summed E-state index contributed by atoms with van der Waals surface area (Å²) in [6, 6.07) is 9.81. The van der Waals surface area contributed by atoms with Gasteiger partial charge in [0.25, 0.3) is 0 Å². The smallest absolute Gasteiger partial charge is 0.343 e. The molecule has 0 heterocycles. The summed E-state index contributed by atoms with van der Waals surface area (Å²) >= 11 is 5.05. The fraction of sp³-hybridized carbons (Fsp3) is 0.190. The molecule has 0 aliphatic rings. The summed E-state index contributed by atoms with van der Waals surface area (Å²) in [6.07, 6.45) is 3.24. The van der Waals surface area contributed by atoms with Crippen LogP contribution in [-0.2, 0) is 0 Å². The Bertz CT molecular complexity index is 924. The van der Waals surface area contributed by atoms with E-state index in [9.17, 15) is 4.79 Å². The van der Waals surface area contributed by atoms with E-state index in [1.807, 2.05) is 0 Å². The van der Waals surface area contributed by atoms with Gasteiger partial charge in [0.15, 0.2) is 16.6 Å². The highest BCUT2D eigenvalue weighted by Gasteiger charge is 2.15. The van der Waals surface area contributed by atoms with Crippen molar-refractivity contribution in [2.75, 3.05) is 27.9 Å². The Balaban J connectivity index is 2.12. The summed E-state index contributed by atoms with van der Waals surface area (Å²) in [4.78, 5) is 12.6. The van der Waals surface area contributed by atoms with E-state index in [1.54, 1.807) is 48.7 Å². The molecular formula is C21H23N3O5S. The van der Waals surface area contributed by atoms with Crippen LogP contribution in [0.5, 0.6) is 23.0 Å². The molecule has 2 rings (SSSR count). The van der Waals surface area contributed by atoms with Crippen molar-refractivity contribution in [1.29, 1.82) is 0 Å². The van der Waals surface area contributed by atoms with E-state index in [4.69, 9.17) is 31.2 Å². The number of methoxy groups -OCH3 is 3. The molecule has 0 spiro atoms. The zero-order chi connectivity index (χ0) is 21.9. The van der Waals surface area contributed by atoms with E-state index in [-0.39, 0.29) is 11.3 Å². The minimum absolute atomic E-state index is 0.262. The molecule has 0 atom stereocenters. The average molecular weight is 429 g/mol. The van der Waals surface area contributed by atoms with Crippen LogP contribution >= 0.6 is 12.2 Å². The van der Waals surface area contributed by atoms with Crippen LogP contribution in [0.2, 0.25) is 0 Å². The van der Waals surface area contributed by atoms with Gasteiger partial charge < -0.3 is 24.3 Å². The van der Waals surface area contributed by atoms with Gasteiger partial charge in [-0.1, -0.05) is 6.08 Å². The number of ether oxygens (including phenoxy) is 4. The molecule has 2 aromatic rings. The summed E-state index contributed by atoms with van der Waals surface area (Å²) in [5, 5.41) is 7.31. The highest BCUT2D eigenvalue weighted by molar-refractivity contribution is 7.80. The van der Waals surface area contributed by atoms with Gasteiger partial charge in [0.2, 0.25) is 0 Å². The highest BCUT2D eigenvalue weighted by Crippen LogP contribution is 2.29. The normalized spacial score (nSPS) is 10.2. The highest BCUT2D eigenvalue weighted by atomic mass is 32.1. The van der Waals surface area contributed by atoms with E-state index in [0.29, 0.717) is 34.5 Å². The fourth-order valence-corrected chi connectivity index (χ4v) is 2.44. The largest absolute Gasteiger partial charge is 0.497 e. The first-order valence-corrected chi connectivity index (χ1v) is 9.22. The number of carbonyl (C=O) groups excluding carboxylic acids is 1. The van der Waals surface area contributed by atoms with E-state index in [1.165, 1.54) is 21.3 Å². The van der Waals surface area contributed by atoms with Crippen molar-refractivity contribution in [1.82, 2.24) is 10.7 Å². The molecule has 9 heteroatoms. The zero-order valence-corrected chi connectivity index (χ0v) is 17.7. The number of hydrogen-bond acceptors (Lipinski definition) is 7. The number of carbonyl (C=O) groups is 1. The number of hydrogen-bond donors (Lipinski definition) is 2. The van der Waals surface area contributed by atoms with Crippen LogP contribution < -0.4 is 29.7 Å². The van der Waals surface area contributed by atoms with Gasteiger partial charge in [0.1, 0.15) is 11.5 Å². The van der Waals surface area contributed by atoms with Gasteiger partial charge in [0, 0.05) is 12.6 Å². The molecule has 2 N–H and O–H groups in total. The van der Waals surface area contributed by atoms with Crippen molar-refractivity contribution in [3.63, 3.8) is 0 Å². The lowest BCUT2D eigenvalue weighted by Gasteiger charge is -2.11. The Labute approximate surface area is 180 Å². The SMILES string of the molecule is C=CCNC(=S)NN=Cc1ccc(OC(=O)c2cc(OC)cc(OC)c2)c(OC)c1. The van der Waals surface area contributed by atoms with E-state index < -0.39 is 5.97 Å². The Morgan fingerprint density at radius 1 is 1.07 bits per heavy atom. The van der Waals surface area contributed by atoms with Crippen LogP contribution in [0.1, 0.15) is 15.9 Å². The second-order valence-corrected chi connectivity index (χ2v) is 6.18. The summed E-state index contributed by atoms with van der Waals surface area (Å²) in [7, 11) is 4.49. The first kappa shape index (κ1) is 22.7. The van der Waals surface area contributed by atoms with Gasteiger partial charge in [-0.3, -0.25) is 5.43 Å². The van der Waals surface area contributed by atoms with Gasteiger partial charge in [-0.05, 0) is 48.1 Å². The second-order valence-electron chi connectivity index (χ2n) is 5.77. The monoisotopic (exact) mass is 429 g/mol. The second kappa shape index (κ2) is 11.4. The average Bonchev–Trinajstić information content (AvgIpc) is 2.77. The molecule has 0 unspecified atom stereocenters. The summed E-state index contributed by atoms with van der Waals surface area (Å²) < 4.78 is 21.2. The molecule has 2 aromatic carbocycles. The lowest BCUT2D eigenvalue weighted by molar-refractivity contribution is 0.0729. The molecule has 158 valence electrons. The maximum Gasteiger partial charge on any atom is 0.343 e. The number of nitrogens with zero attached hydrogens (tertiary/aromatic N) is 1. The first-order chi connectivity index (χ1) is 14.5. The third-order valence-corrected chi connectivity index (χ3v) is 4.00. The Morgan fingerprint density at radius 2 is 1.77 bits per heavy atom. The number of nitrogens with one attached hydrogen (secondary N) is 2. The van der Waals surface area contributed by atoms with Crippen LogP contribution in [0.25, 0.3) is 0 Å². The Kier molecular flexibility index (Phi) is 8.64. The van der Waals surface area contributed by atoms with Gasteiger partial charge in [-0.2, -0.15) is 5.10 Å². The molecule has 0 aromatic heterocycles. The first-order valence-electron chi connectivity index (χ1n) is 8.81. The minimum Gasteiger partial charge on any atom is -0.497 e. The van der Waals surface area contributed by atoms with Crippen LogP contribution in [0.3, 0.4) is 0 Å². The Hall–Kier alpha value is -3.59. The minimum atomic E-state index is -0.577. The predicted octanol–water partition coefficient (Wildman–Crippen LogP) is 2.92. The van der Waals surface area contributed by atoms with Crippen molar-refractivity contribution in [3.05, 3.63) is 60.2 Å². The van der Waals surface area contributed by atoms with Crippen LogP contribution in [0, 0.1) is 0 Å². The standard InChI is InChI=1S/C21H23N3O5S/c1-5-8-22-21(30)24-23-13-14-6-7-18(19(9-14)28-4)29-20(25)15-10-16(26-2)12-17(11-15)27-3/h5-7,9-13H,1,8H2,2-4H3,(H2,22,24,30). The molecule has 0 fully saturated rings. The molecule has 0 aliphatic heterocycles. The van der Waals surface area contributed by atoms with E-state index in [0.717, 1.165) is 0 Å². The maximum absolute atomic E-state index is 12.6. The third-order valence-electron chi connectivity index (χ3n) is 3.76. The van der Waals surface area contributed by atoms with E-state index in [2.05, 4.69) is 22.4 Å². The number of hydrazone groups is 1. The fourth-order valence-electron chi connectivity index (χ4n) is 2.30. The molecule has 0 saturated carbocycles. The molecule has 0 saturated heterocycles. The number of rotatable bonds is 9. The number of benzene rings is 2. The van der Waals surface area contributed by atoms with Crippen molar-refractivity contribution >= 4 is 29.5 Å². The molecule has 30 heavy (non-hydrogen) atoms. The quantitative estimate of drug-likeness (QED) is 0.157. The lowest BCUT2D eigenvalue weighted by atomic mass is 10.2. The number of thiocarbonyl (C=S) groups is 1. The topological polar surface area (TPSA) is 90.4 Å². The molecule has 0 radical (unpaired) electrons. The van der Waals surface area contributed by atoms with Crippen molar-refractivity contribution in [2.24, 2.45) is 5.10 Å². The van der Waals surface area contributed by atoms with Crippen molar-refractivity contribution in [2.45, 2.75) is 0 Å². The Morgan fingerprint density at radius 3 is 2.37 bits per heavy atom. The van der Waals surface area contributed by atoms with Gasteiger partial charge >= 0.3 is 5.97 Å². The molecular weight excluding hydrogens is 406 g/mol. The zero-order valence-electron chi connectivity index (χ0n) is 16.9. The summed E-state index contributed by atoms with van der Waals surface area (Å²) in [5.41, 5.74) is 3.68. The number of esters is 1. The van der Waals surface area contributed by atoms with Crippen LogP contribution in [-0.4, -0.2) is 45.2 Å². The lowest BCUT2D eigenvalue weighted by Crippen LogP contribution is -2.31. The molecule has 0 amide bonds. The van der Waals surface area contributed by atoms with Crippen molar-refractivity contribution < 1.29 is 23.7 Å². The van der Waals surface area contributed by atoms with Crippen LogP contribution in [0.4, 0.5) is 0 Å². The maximum atomic E-state index is 12.6. The van der Waals surface area contributed by atoms with Crippen molar-refractivity contribution in [3.8, 4) is 23.0 Å². The molecule has 0 aliphatic carbocycles. The predicted molar refractivity (Wildman–Crippen MR) is 119 cm³/mol. The molecule has 0 bridgehead atoms. The van der Waals surface area contributed by atoms with Gasteiger partial charge in [-0.15, -0.1) is 6.58 Å². The van der Waals surface area contributed by atoms with Gasteiger partial charge in [-0.25, -0.2) is 4.79 Å². The van der Waals surface area contributed by atoms with Crippen LogP contribution in [0.15, 0.2) is 54.2 Å².